The largest absolute Gasteiger partial charge is 0.461 e. The summed E-state index contributed by atoms with van der Waals surface area (Å²) in [7, 11) is 0. The Morgan fingerprint density at radius 2 is 1.74 bits per heavy atom. The smallest absolute Gasteiger partial charge is 0.408 e. The maximum atomic E-state index is 11.8. The van der Waals surface area contributed by atoms with E-state index in [4.69, 9.17) is 9.47 Å². The second kappa shape index (κ2) is 6.78. The summed E-state index contributed by atoms with van der Waals surface area (Å²) in [5.41, 5.74) is -0.572. The molecular weight excluding hydrogens is 246 g/mol. The van der Waals surface area contributed by atoms with Gasteiger partial charge in [0.2, 0.25) is 0 Å². The van der Waals surface area contributed by atoms with Gasteiger partial charge in [-0.3, -0.25) is 0 Å². The van der Waals surface area contributed by atoms with E-state index in [-0.39, 0.29) is 6.10 Å². The van der Waals surface area contributed by atoms with Crippen molar-refractivity contribution < 1.29 is 19.1 Å². The molecule has 0 bridgehead atoms. The van der Waals surface area contributed by atoms with E-state index in [1.807, 2.05) is 0 Å². The van der Waals surface area contributed by atoms with Gasteiger partial charge < -0.3 is 14.8 Å². The first-order chi connectivity index (χ1) is 8.78. The van der Waals surface area contributed by atoms with Crippen LogP contribution >= 0.6 is 0 Å². The quantitative estimate of drug-likeness (QED) is 0.802. The molecule has 1 atom stereocenters. The van der Waals surface area contributed by atoms with Gasteiger partial charge in [0, 0.05) is 0 Å². The van der Waals surface area contributed by atoms with Crippen molar-refractivity contribution in [3.05, 3.63) is 0 Å². The van der Waals surface area contributed by atoms with Crippen molar-refractivity contribution in [2.75, 3.05) is 0 Å². The maximum Gasteiger partial charge on any atom is 0.408 e. The third kappa shape index (κ3) is 6.45. The molecule has 0 spiro atoms. The summed E-state index contributed by atoms with van der Waals surface area (Å²) in [6, 6.07) is -0.684. The van der Waals surface area contributed by atoms with Crippen molar-refractivity contribution in [3.8, 4) is 0 Å². The van der Waals surface area contributed by atoms with E-state index in [2.05, 4.69) is 5.32 Å². The third-order valence-electron chi connectivity index (χ3n) is 2.92. The van der Waals surface area contributed by atoms with Crippen LogP contribution in [0.5, 0.6) is 0 Å². The van der Waals surface area contributed by atoms with Crippen LogP contribution in [0.2, 0.25) is 0 Å². The Morgan fingerprint density at radius 3 is 2.26 bits per heavy atom. The van der Waals surface area contributed by atoms with Crippen LogP contribution in [-0.2, 0) is 14.3 Å². The van der Waals surface area contributed by atoms with Crippen molar-refractivity contribution in [1.82, 2.24) is 5.32 Å². The molecule has 110 valence electrons. The zero-order chi connectivity index (χ0) is 14.5. The molecule has 0 aromatic heterocycles. The van der Waals surface area contributed by atoms with E-state index >= 15 is 0 Å². The molecule has 0 unspecified atom stereocenters. The zero-order valence-electron chi connectivity index (χ0n) is 12.3. The van der Waals surface area contributed by atoms with Crippen molar-refractivity contribution in [3.63, 3.8) is 0 Å². The van der Waals surface area contributed by atoms with Crippen LogP contribution in [0.15, 0.2) is 0 Å². The number of ether oxygens (including phenoxy) is 2. The minimum absolute atomic E-state index is 0.00383. The fourth-order valence-electron chi connectivity index (χ4n) is 1.99. The van der Waals surface area contributed by atoms with Crippen LogP contribution in [0, 0.1) is 0 Å². The van der Waals surface area contributed by atoms with Gasteiger partial charge in [-0.25, -0.2) is 9.59 Å². The summed E-state index contributed by atoms with van der Waals surface area (Å²) in [4.78, 5) is 23.3. The monoisotopic (exact) mass is 271 g/mol. The molecule has 1 saturated carbocycles. The SMILES string of the molecule is C[C@H](NC(=O)OC(C)(C)C)C(=O)OC1CCCCC1. The molecular formula is C14H25NO4. The van der Waals surface area contributed by atoms with Gasteiger partial charge in [0.15, 0.2) is 0 Å². The highest BCUT2D eigenvalue weighted by atomic mass is 16.6. The Hall–Kier alpha value is -1.26. The highest BCUT2D eigenvalue weighted by Crippen LogP contribution is 2.20. The average Bonchev–Trinajstić information content (AvgIpc) is 2.27. The standard InChI is InChI=1S/C14H25NO4/c1-10(15-13(17)19-14(2,3)4)12(16)18-11-8-6-5-7-9-11/h10-11H,5-9H2,1-4H3,(H,15,17)/t10-/m0/s1. The van der Waals surface area contributed by atoms with Crippen molar-refractivity contribution in [2.45, 2.75) is 77.5 Å². The van der Waals surface area contributed by atoms with E-state index in [1.165, 1.54) is 6.42 Å². The van der Waals surface area contributed by atoms with Crippen LogP contribution in [0.25, 0.3) is 0 Å². The van der Waals surface area contributed by atoms with Crippen molar-refractivity contribution in [1.29, 1.82) is 0 Å². The molecule has 0 aromatic rings. The van der Waals surface area contributed by atoms with Crippen LogP contribution in [0.3, 0.4) is 0 Å². The number of rotatable bonds is 3. The first-order valence-electron chi connectivity index (χ1n) is 6.98. The topological polar surface area (TPSA) is 64.6 Å². The summed E-state index contributed by atoms with van der Waals surface area (Å²) < 4.78 is 10.5. The molecule has 0 saturated heterocycles. The molecule has 0 radical (unpaired) electrons. The molecule has 0 aliphatic heterocycles. The number of amides is 1. The predicted molar refractivity (Wildman–Crippen MR) is 71.8 cm³/mol. The van der Waals surface area contributed by atoms with Gasteiger partial charge in [-0.15, -0.1) is 0 Å². The second-order valence-electron chi connectivity index (χ2n) is 6.06. The maximum absolute atomic E-state index is 11.8. The number of carbonyl (C=O) groups is 2. The number of esters is 1. The number of alkyl carbamates (subject to hydrolysis) is 1. The Labute approximate surface area is 115 Å². The molecule has 5 heteroatoms. The van der Waals surface area contributed by atoms with Gasteiger partial charge >= 0.3 is 12.1 Å². The summed E-state index contributed by atoms with van der Waals surface area (Å²) in [5.74, 6) is -0.391. The van der Waals surface area contributed by atoms with Gasteiger partial charge in [-0.1, -0.05) is 6.42 Å². The van der Waals surface area contributed by atoms with E-state index in [9.17, 15) is 9.59 Å². The van der Waals surface area contributed by atoms with E-state index in [0.717, 1.165) is 25.7 Å². The molecule has 1 rings (SSSR count). The molecule has 1 fully saturated rings. The lowest BCUT2D eigenvalue weighted by Gasteiger charge is -2.25. The van der Waals surface area contributed by atoms with Crippen LogP contribution < -0.4 is 5.32 Å². The van der Waals surface area contributed by atoms with Gasteiger partial charge in [0.1, 0.15) is 17.7 Å². The first-order valence-corrected chi connectivity index (χ1v) is 6.98. The average molecular weight is 271 g/mol. The Bertz CT molecular complexity index is 316. The lowest BCUT2D eigenvalue weighted by molar-refractivity contribution is -0.152. The second-order valence-corrected chi connectivity index (χ2v) is 6.06. The number of carbonyl (C=O) groups excluding carboxylic acids is 2. The fourth-order valence-corrected chi connectivity index (χ4v) is 1.99. The van der Waals surface area contributed by atoms with Crippen molar-refractivity contribution >= 4 is 12.1 Å². The molecule has 0 aromatic carbocycles. The summed E-state index contributed by atoms with van der Waals surface area (Å²) in [6.07, 6.45) is 4.66. The van der Waals surface area contributed by atoms with Crippen LogP contribution in [0.1, 0.15) is 59.8 Å². The van der Waals surface area contributed by atoms with E-state index in [1.54, 1.807) is 27.7 Å². The third-order valence-corrected chi connectivity index (χ3v) is 2.92. The van der Waals surface area contributed by atoms with E-state index < -0.39 is 23.7 Å². The number of hydrogen-bond donors (Lipinski definition) is 1. The Balaban J connectivity index is 2.33. The minimum atomic E-state index is -0.684. The molecule has 1 aliphatic carbocycles. The molecule has 1 amide bonds. The lowest BCUT2D eigenvalue weighted by atomic mass is 9.98. The van der Waals surface area contributed by atoms with Gasteiger partial charge in [-0.2, -0.15) is 0 Å². The van der Waals surface area contributed by atoms with Gasteiger partial charge in [0.25, 0.3) is 0 Å². The molecule has 0 heterocycles. The Kier molecular flexibility index (Phi) is 5.63. The van der Waals surface area contributed by atoms with E-state index in [0.29, 0.717) is 0 Å². The zero-order valence-corrected chi connectivity index (χ0v) is 12.3. The Morgan fingerprint density at radius 1 is 1.16 bits per heavy atom. The number of nitrogens with one attached hydrogen (secondary N) is 1. The summed E-state index contributed by atoms with van der Waals surface area (Å²) >= 11 is 0. The van der Waals surface area contributed by atoms with Gasteiger partial charge in [0.05, 0.1) is 0 Å². The summed E-state index contributed by atoms with van der Waals surface area (Å²) in [6.45, 7) is 6.93. The van der Waals surface area contributed by atoms with Crippen molar-refractivity contribution in [2.24, 2.45) is 0 Å². The molecule has 1 N–H and O–H groups in total. The molecule has 19 heavy (non-hydrogen) atoms. The lowest BCUT2D eigenvalue weighted by Crippen LogP contribution is -2.43. The first kappa shape index (κ1) is 15.8. The number of hydrogen-bond acceptors (Lipinski definition) is 4. The highest BCUT2D eigenvalue weighted by molar-refractivity contribution is 5.81. The van der Waals surface area contributed by atoms with Gasteiger partial charge in [-0.05, 0) is 53.4 Å². The normalized spacial score (nSPS) is 18.5. The predicted octanol–water partition coefficient (Wildman–Crippen LogP) is 2.78. The molecule has 1 aliphatic rings. The highest BCUT2D eigenvalue weighted by Gasteiger charge is 2.24. The van der Waals surface area contributed by atoms with Crippen LogP contribution in [0.4, 0.5) is 4.79 Å². The molecule has 5 nitrogen and oxygen atoms in total. The summed E-state index contributed by atoms with van der Waals surface area (Å²) in [5, 5.41) is 2.49. The van der Waals surface area contributed by atoms with Crippen LogP contribution in [-0.4, -0.2) is 29.8 Å². The fraction of sp³-hybridized carbons (Fsp3) is 0.857. The minimum Gasteiger partial charge on any atom is -0.461 e.